The molecule has 1 aromatic carbocycles. The van der Waals surface area contributed by atoms with Gasteiger partial charge in [0.15, 0.2) is 11.5 Å². The number of para-hydroxylation sites is 1. The van der Waals surface area contributed by atoms with Crippen molar-refractivity contribution in [2.24, 2.45) is 0 Å². The van der Waals surface area contributed by atoms with Gasteiger partial charge in [-0.3, -0.25) is 5.32 Å². The number of aromatic hydroxyl groups is 2. The van der Waals surface area contributed by atoms with Crippen molar-refractivity contribution in [3.05, 3.63) is 77.7 Å². The Morgan fingerprint density at radius 2 is 2.00 bits per heavy atom. The van der Waals surface area contributed by atoms with Crippen LogP contribution in [0.3, 0.4) is 0 Å². The van der Waals surface area contributed by atoms with E-state index in [1.807, 2.05) is 24.5 Å². The number of aromatic amines is 1. The zero-order valence-corrected chi connectivity index (χ0v) is 14.3. The van der Waals surface area contributed by atoms with E-state index >= 15 is 0 Å². The summed E-state index contributed by atoms with van der Waals surface area (Å²) in [5.74, 6) is -0.211. The number of hydrogen-bond acceptors (Lipinski definition) is 4. The molecule has 3 unspecified atom stereocenters. The number of rotatable bonds is 1. The minimum atomic E-state index is -0.276. The van der Waals surface area contributed by atoms with Crippen LogP contribution in [0.4, 0.5) is 0 Å². The topological polar surface area (TPSA) is 81.2 Å². The van der Waals surface area contributed by atoms with E-state index in [9.17, 15) is 10.2 Å². The number of hydrogen-bond donors (Lipinski definition) is 4. The molecule has 0 amide bonds. The van der Waals surface area contributed by atoms with E-state index in [2.05, 4.69) is 46.5 Å². The van der Waals surface area contributed by atoms with Gasteiger partial charge in [0.2, 0.25) is 0 Å². The third-order valence-corrected chi connectivity index (χ3v) is 5.70. The molecule has 0 saturated heterocycles. The second-order valence-corrected chi connectivity index (χ2v) is 7.15. The summed E-state index contributed by atoms with van der Waals surface area (Å²) < 4.78 is 0. The average molecular weight is 345 g/mol. The molecule has 26 heavy (non-hydrogen) atoms. The van der Waals surface area contributed by atoms with Crippen LogP contribution in [-0.2, 0) is 5.41 Å². The maximum atomic E-state index is 10.5. The molecule has 0 saturated carbocycles. The first kappa shape index (κ1) is 15.2. The quantitative estimate of drug-likeness (QED) is 0.510. The van der Waals surface area contributed by atoms with E-state index < -0.39 is 0 Å². The molecule has 0 fully saturated rings. The molecule has 5 rings (SSSR count). The van der Waals surface area contributed by atoms with Gasteiger partial charge >= 0.3 is 0 Å². The number of pyridine rings is 1. The zero-order chi connectivity index (χ0) is 17.9. The highest BCUT2D eigenvalue weighted by atomic mass is 16.3. The summed E-state index contributed by atoms with van der Waals surface area (Å²) in [5, 5.41) is 25.2. The van der Waals surface area contributed by atoms with Gasteiger partial charge in [0.1, 0.15) is 5.65 Å². The molecule has 5 nitrogen and oxygen atoms in total. The van der Waals surface area contributed by atoms with E-state index in [0.717, 1.165) is 16.6 Å². The number of benzene rings is 1. The summed E-state index contributed by atoms with van der Waals surface area (Å²) in [5.41, 5.74) is 3.44. The van der Waals surface area contributed by atoms with Gasteiger partial charge in [-0.15, -0.1) is 0 Å². The molecule has 3 aromatic rings. The smallest absolute Gasteiger partial charge is 0.162 e. The second kappa shape index (κ2) is 5.22. The molecular formula is C21H19N3O2. The van der Waals surface area contributed by atoms with Gasteiger partial charge in [-0.05, 0) is 17.7 Å². The first-order chi connectivity index (χ1) is 12.6. The van der Waals surface area contributed by atoms with E-state index in [0.29, 0.717) is 5.56 Å². The predicted molar refractivity (Wildman–Crippen MR) is 100 cm³/mol. The highest BCUT2D eigenvalue weighted by molar-refractivity contribution is 5.87. The van der Waals surface area contributed by atoms with Gasteiger partial charge in [-0.25, -0.2) is 4.98 Å². The van der Waals surface area contributed by atoms with Crippen LogP contribution in [0.15, 0.2) is 61.0 Å². The molecule has 2 aliphatic rings. The number of phenolic OH excluding ortho intramolecular Hbond substituents is 2. The van der Waals surface area contributed by atoms with E-state index in [4.69, 9.17) is 0 Å². The Bertz CT molecular complexity index is 1080. The van der Waals surface area contributed by atoms with Crippen molar-refractivity contribution in [2.45, 2.75) is 24.4 Å². The number of nitrogens with one attached hydrogen (secondary N) is 2. The zero-order valence-electron chi connectivity index (χ0n) is 14.3. The minimum Gasteiger partial charge on any atom is -0.504 e. The fourth-order valence-electron chi connectivity index (χ4n) is 4.29. The SMILES string of the molecule is CC12C=CC=CC1NC(c1cccc(O)c1O)c1c[nH]c3nccc2c13. The van der Waals surface area contributed by atoms with Crippen LogP contribution in [0.2, 0.25) is 0 Å². The van der Waals surface area contributed by atoms with Crippen molar-refractivity contribution in [1.29, 1.82) is 0 Å². The Morgan fingerprint density at radius 1 is 1.12 bits per heavy atom. The summed E-state index contributed by atoms with van der Waals surface area (Å²) in [6, 6.07) is 6.92. The minimum absolute atomic E-state index is 0.0391. The lowest BCUT2D eigenvalue weighted by Gasteiger charge is -2.36. The van der Waals surface area contributed by atoms with E-state index in [1.165, 1.54) is 11.6 Å². The Kier molecular flexibility index (Phi) is 3.06. The summed E-state index contributed by atoms with van der Waals surface area (Å²) in [6.45, 7) is 2.21. The first-order valence-corrected chi connectivity index (χ1v) is 8.69. The van der Waals surface area contributed by atoms with Gasteiger partial charge < -0.3 is 15.2 Å². The van der Waals surface area contributed by atoms with Crippen molar-refractivity contribution < 1.29 is 10.2 Å². The van der Waals surface area contributed by atoms with Crippen LogP contribution in [0.5, 0.6) is 11.5 Å². The predicted octanol–water partition coefficient (Wildman–Crippen LogP) is 3.42. The standard InChI is InChI=1S/C21H19N3O2/c1-21-9-3-2-7-16(21)24-18(12-5-4-6-15(25)19(12)26)13-11-23-20-17(13)14(21)8-10-22-20/h2-11,16,18,24-26H,1H3,(H,22,23). The summed E-state index contributed by atoms with van der Waals surface area (Å²) in [6.07, 6.45) is 12.2. The Labute approximate surface area is 150 Å². The van der Waals surface area contributed by atoms with Crippen LogP contribution in [0, 0.1) is 0 Å². The molecule has 5 heteroatoms. The Hall–Kier alpha value is -3.05. The maximum Gasteiger partial charge on any atom is 0.162 e. The fraction of sp³-hybridized carbons (Fsp3) is 0.190. The van der Waals surface area contributed by atoms with Crippen molar-refractivity contribution in [1.82, 2.24) is 15.3 Å². The van der Waals surface area contributed by atoms with Crippen molar-refractivity contribution in [3.8, 4) is 11.5 Å². The monoisotopic (exact) mass is 345 g/mol. The Balaban J connectivity index is 1.83. The molecule has 1 aliphatic heterocycles. The van der Waals surface area contributed by atoms with Crippen LogP contribution in [0.25, 0.3) is 11.0 Å². The fourth-order valence-corrected chi connectivity index (χ4v) is 4.29. The van der Waals surface area contributed by atoms with Crippen LogP contribution < -0.4 is 5.32 Å². The molecule has 130 valence electrons. The summed E-state index contributed by atoms with van der Waals surface area (Å²) >= 11 is 0. The molecule has 0 radical (unpaired) electrons. The van der Waals surface area contributed by atoms with Gasteiger partial charge in [-0.1, -0.05) is 43.4 Å². The van der Waals surface area contributed by atoms with Crippen molar-refractivity contribution in [3.63, 3.8) is 0 Å². The molecule has 0 bridgehead atoms. The number of phenols is 2. The van der Waals surface area contributed by atoms with Crippen LogP contribution in [0.1, 0.15) is 29.7 Å². The molecule has 2 aromatic heterocycles. The Morgan fingerprint density at radius 3 is 2.88 bits per heavy atom. The second-order valence-electron chi connectivity index (χ2n) is 7.15. The van der Waals surface area contributed by atoms with Crippen molar-refractivity contribution >= 4 is 11.0 Å². The number of allylic oxidation sites excluding steroid dienone is 2. The molecule has 3 atom stereocenters. The molecule has 3 heterocycles. The lowest BCUT2D eigenvalue weighted by molar-refractivity contribution is 0.382. The van der Waals surface area contributed by atoms with Gasteiger partial charge in [0.25, 0.3) is 0 Å². The molecule has 1 aliphatic carbocycles. The van der Waals surface area contributed by atoms with Gasteiger partial charge in [0.05, 0.1) is 6.04 Å². The largest absolute Gasteiger partial charge is 0.504 e. The number of fused-ring (bicyclic) bond motifs is 2. The van der Waals surface area contributed by atoms with Crippen molar-refractivity contribution in [2.75, 3.05) is 0 Å². The highest BCUT2D eigenvalue weighted by Crippen LogP contribution is 2.46. The van der Waals surface area contributed by atoms with Gasteiger partial charge in [-0.2, -0.15) is 0 Å². The number of H-pyrrole nitrogens is 1. The average Bonchev–Trinajstić information content (AvgIpc) is 3.03. The van der Waals surface area contributed by atoms with E-state index in [-0.39, 0.29) is 29.0 Å². The molecule has 4 N–H and O–H groups in total. The lowest BCUT2D eigenvalue weighted by Crippen LogP contribution is -2.45. The number of aromatic nitrogens is 2. The van der Waals surface area contributed by atoms with Gasteiger partial charge in [0, 0.05) is 40.4 Å². The first-order valence-electron chi connectivity index (χ1n) is 8.69. The normalized spacial score (nSPS) is 26.7. The third kappa shape index (κ3) is 1.92. The van der Waals surface area contributed by atoms with Crippen LogP contribution >= 0.6 is 0 Å². The van der Waals surface area contributed by atoms with E-state index in [1.54, 1.807) is 6.07 Å². The third-order valence-electron chi connectivity index (χ3n) is 5.70. The summed E-state index contributed by atoms with van der Waals surface area (Å²) in [7, 11) is 0. The van der Waals surface area contributed by atoms with Crippen LogP contribution in [-0.4, -0.2) is 26.2 Å². The molecular weight excluding hydrogens is 326 g/mol. The lowest BCUT2D eigenvalue weighted by atomic mass is 9.73. The maximum absolute atomic E-state index is 10.5. The number of nitrogens with zero attached hydrogens (tertiary/aromatic N) is 1. The molecule has 0 spiro atoms. The summed E-state index contributed by atoms with van der Waals surface area (Å²) in [4.78, 5) is 7.74. The highest BCUT2D eigenvalue weighted by Gasteiger charge is 2.41.